The summed E-state index contributed by atoms with van der Waals surface area (Å²) < 4.78 is 4.94. The number of hydrogen-bond donors (Lipinski definition) is 1. The van der Waals surface area contributed by atoms with E-state index in [1.807, 2.05) is 56.3 Å². The molecule has 5 heteroatoms. The molecule has 2 aromatic rings. The van der Waals surface area contributed by atoms with E-state index >= 15 is 0 Å². The second-order valence-electron chi connectivity index (χ2n) is 6.15. The minimum Gasteiger partial charge on any atom is -0.456 e. The highest BCUT2D eigenvalue weighted by Gasteiger charge is 2.13. The van der Waals surface area contributed by atoms with E-state index in [2.05, 4.69) is 5.32 Å². The van der Waals surface area contributed by atoms with E-state index < -0.39 is 5.97 Å². The fraction of sp³-hybridized carbons (Fsp3) is 0.286. The van der Waals surface area contributed by atoms with Crippen molar-refractivity contribution in [2.75, 3.05) is 6.61 Å². The molecule has 136 valence electrons. The Hall–Kier alpha value is -2.95. The fourth-order valence-electron chi connectivity index (χ4n) is 2.43. The third-order valence-corrected chi connectivity index (χ3v) is 3.97. The van der Waals surface area contributed by atoms with Crippen LogP contribution in [0.25, 0.3) is 0 Å². The van der Waals surface area contributed by atoms with Crippen molar-refractivity contribution in [3.63, 3.8) is 0 Å². The molecule has 2 aromatic carbocycles. The molecule has 5 nitrogen and oxygen atoms in total. The van der Waals surface area contributed by atoms with Crippen LogP contribution < -0.4 is 5.32 Å². The second kappa shape index (κ2) is 9.51. The van der Waals surface area contributed by atoms with E-state index in [1.54, 1.807) is 12.1 Å². The summed E-state index contributed by atoms with van der Waals surface area (Å²) in [4.78, 5) is 35.6. The highest BCUT2D eigenvalue weighted by Crippen LogP contribution is 2.11. The van der Waals surface area contributed by atoms with E-state index in [4.69, 9.17) is 4.74 Å². The van der Waals surface area contributed by atoms with Crippen LogP contribution >= 0.6 is 0 Å². The Morgan fingerprint density at radius 3 is 2.27 bits per heavy atom. The minimum atomic E-state index is -0.562. The third kappa shape index (κ3) is 6.16. The molecule has 1 atom stereocenters. The quantitative estimate of drug-likeness (QED) is 0.583. The van der Waals surface area contributed by atoms with Gasteiger partial charge >= 0.3 is 5.97 Å². The van der Waals surface area contributed by atoms with Gasteiger partial charge in [0.05, 0.1) is 12.5 Å². The molecule has 0 saturated heterocycles. The number of nitrogens with one attached hydrogen (secondary N) is 1. The van der Waals surface area contributed by atoms with Crippen LogP contribution in [0.15, 0.2) is 54.6 Å². The lowest BCUT2D eigenvalue weighted by molar-refractivity contribution is -0.148. The van der Waals surface area contributed by atoms with Crippen LogP contribution in [0, 0.1) is 6.92 Å². The highest BCUT2D eigenvalue weighted by molar-refractivity contribution is 5.97. The molecule has 0 aliphatic rings. The Balaban J connectivity index is 1.70. The van der Waals surface area contributed by atoms with Gasteiger partial charge in [0.15, 0.2) is 12.4 Å². The monoisotopic (exact) mass is 353 g/mol. The maximum atomic E-state index is 12.0. The first-order chi connectivity index (χ1) is 12.5. The van der Waals surface area contributed by atoms with E-state index in [-0.39, 0.29) is 37.2 Å². The topological polar surface area (TPSA) is 72.5 Å². The molecule has 1 amide bonds. The molecule has 1 N–H and O–H groups in total. The zero-order chi connectivity index (χ0) is 18.9. The van der Waals surface area contributed by atoms with E-state index in [0.717, 1.165) is 11.1 Å². The Kier molecular flexibility index (Phi) is 7.09. The Morgan fingerprint density at radius 2 is 1.62 bits per heavy atom. The summed E-state index contributed by atoms with van der Waals surface area (Å²) >= 11 is 0. The average molecular weight is 353 g/mol. The summed E-state index contributed by atoms with van der Waals surface area (Å²) in [5.74, 6) is -1.06. The number of esters is 1. The van der Waals surface area contributed by atoms with Gasteiger partial charge in [-0.1, -0.05) is 60.2 Å². The number of aryl methyl sites for hydroxylation is 1. The first-order valence-electron chi connectivity index (χ1n) is 8.55. The lowest BCUT2D eigenvalue weighted by Gasteiger charge is -2.14. The number of hydrogen-bond acceptors (Lipinski definition) is 4. The predicted octanol–water partition coefficient (Wildman–Crippen LogP) is 3.38. The van der Waals surface area contributed by atoms with Crippen molar-refractivity contribution in [1.29, 1.82) is 0 Å². The van der Waals surface area contributed by atoms with Gasteiger partial charge in [-0.25, -0.2) is 0 Å². The van der Waals surface area contributed by atoms with Crippen LogP contribution in [0.1, 0.15) is 47.3 Å². The Morgan fingerprint density at radius 1 is 0.962 bits per heavy atom. The maximum absolute atomic E-state index is 12.0. The molecule has 0 aliphatic carbocycles. The van der Waals surface area contributed by atoms with Crippen LogP contribution in [0.4, 0.5) is 0 Å². The molecule has 0 aromatic heterocycles. The van der Waals surface area contributed by atoms with E-state index in [9.17, 15) is 14.4 Å². The second-order valence-corrected chi connectivity index (χ2v) is 6.15. The van der Waals surface area contributed by atoms with Crippen LogP contribution in [-0.4, -0.2) is 24.3 Å². The molecule has 0 heterocycles. The number of ketones is 1. The molecule has 0 aliphatic heterocycles. The lowest BCUT2D eigenvalue weighted by Crippen LogP contribution is -2.31. The van der Waals surface area contributed by atoms with Gasteiger partial charge in [0.1, 0.15) is 0 Å². The first kappa shape index (κ1) is 19.4. The third-order valence-electron chi connectivity index (χ3n) is 3.97. The van der Waals surface area contributed by atoms with Gasteiger partial charge in [0.25, 0.3) is 5.91 Å². The number of carbonyl (C=O) groups is 3. The minimum absolute atomic E-state index is 0.0474. The van der Waals surface area contributed by atoms with Gasteiger partial charge in [-0.2, -0.15) is 0 Å². The molecule has 26 heavy (non-hydrogen) atoms. The van der Waals surface area contributed by atoms with Gasteiger partial charge in [0.2, 0.25) is 0 Å². The van der Waals surface area contributed by atoms with Crippen LogP contribution in [0.3, 0.4) is 0 Å². The molecule has 0 bridgehead atoms. The zero-order valence-electron chi connectivity index (χ0n) is 15.0. The molecule has 0 spiro atoms. The van der Waals surface area contributed by atoms with Gasteiger partial charge < -0.3 is 10.1 Å². The zero-order valence-corrected chi connectivity index (χ0v) is 15.0. The van der Waals surface area contributed by atoms with Gasteiger partial charge in [-0.3, -0.25) is 14.4 Å². The molecular weight excluding hydrogens is 330 g/mol. The fourth-order valence-corrected chi connectivity index (χ4v) is 2.43. The van der Waals surface area contributed by atoms with Crippen molar-refractivity contribution in [3.05, 3.63) is 71.3 Å². The number of carbonyl (C=O) groups excluding carboxylic acids is 3. The SMILES string of the molecule is Cc1ccc(C(=O)CCC(=O)OCC(=O)NC(C)c2ccccc2)cc1. The normalized spacial score (nSPS) is 11.5. The Labute approximate surface area is 153 Å². The number of amides is 1. The standard InChI is InChI=1S/C21H23NO4/c1-15-8-10-18(11-9-15)19(23)12-13-21(25)26-14-20(24)22-16(2)17-6-4-3-5-7-17/h3-11,16H,12-14H2,1-2H3,(H,22,24). The summed E-state index contributed by atoms with van der Waals surface area (Å²) in [6.45, 7) is 3.44. The Bertz CT molecular complexity index is 753. The molecule has 2 rings (SSSR count). The largest absolute Gasteiger partial charge is 0.456 e. The van der Waals surface area contributed by atoms with Crippen molar-refractivity contribution in [1.82, 2.24) is 5.32 Å². The summed E-state index contributed by atoms with van der Waals surface area (Å²) in [6.07, 6.45) is 0.0121. The first-order valence-corrected chi connectivity index (χ1v) is 8.55. The van der Waals surface area contributed by atoms with Crippen molar-refractivity contribution >= 4 is 17.7 Å². The van der Waals surface area contributed by atoms with Gasteiger partial charge in [-0.05, 0) is 19.4 Å². The van der Waals surface area contributed by atoms with Crippen LogP contribution in [0.5, 0.6) is 0 Å². The van der Waals surface area contributed by atoms with Crippen molar-refractivity contribution in [3.8, 4) is 0 Å². The summed E-state index contributed by atoms with van der Waals surface area (Å²) in [5.41, 5.74) is 2.60. The molecular formula is C21H23NO4. The average Bonchev–Trinajstić information content (AvgIpc) is 2.65. The molecule has 1 unspecified atom stereocenters. The van der Waals surface area contributed by atoms with Crippen LogP contribution in [0.2, 0.25) is 0 Å². The van der Waals surface area contributed by atoms with Crippen LogP contribution in [-0.2, 0) is 14.3 Å². The maximum Gasteiger partial charge on any atom is 0.306 e. The number of rotatable bonds is 8. The number of ether oxygens (including phenoxy) is 1. The van der Waals surface area contributed by atoms with E-state index in [0.29, 0.717) is 5.56 Å². The summed E-state index contributed by atoms with van der Waals surface area (Å²) in [7, 11) is 0. The predicted molar refractivity (Wildman–Crippen MR) is 98.7 cm³/mol. The molecule has 0 radical (unpaired) electrons. The number of Topliss-reactive ketones (excluding diaryl/α,β-unsaturated/α-hetero) is 1. The smallest absolute Gasteiger partial charge is 0.306 e. The van der Waals surface area contributed by atoms with Crippen molar-refractivity contribution in [2.24, 2.45) is 0 Å². The van der Waals surface area contributed by atoms with Gasteiger partial charge in [0, 0.05) is 12.0 Å². The highest BCUT2D eigenvalue weighted by atomic mass is 16.5. The summed E-state index contributed by atoms with van der Waals surface area (Å²) in [6, 6.07) is 16.5. The summed E-state index contributed by atoms with van der Waals surface area (Å²) in [5, 5.41) is 2.76. The number of benzene rings is 2. The van der Waals surface area contributed by atoms with Crippen molar-refractivity contribution < 1.29 is 19.1 Å². The molecule has 0 saturated carbocycles. The molecule has 0 fully saturated rings. The van der Waals surface area contributed by atoms with E-state index in [1.165, 1.54) is 0 Å². The van der Waals surface area contributed by atoms with Crippen molar-refractivity contribution in [2.45, 2.75) is 32.7 Å². The van der Waals surface area contributed by atoms with Gasteiger partial charge in [-0.15, -0.1) is 0 Å². The lowest BCUT2D eigenvalue weighted by atomic mass is 10.1.